The zero-order chi connectivity index (χ0) is 14.5. The van der Waals surface area contributed by atoms with Gasteiger partial charge >= 0.3 is 0 Å². The average molecular weight is 334 g/mol. The van der Waals surface area contributed by atoms with Crippen LogP contribution in [-0.4, -0.2) is 16.8 Å². The van der Waals surface area contributed by atoms with Crippen molar-refractivity contribution in [3.05, 3.63) is 52.6 Å². The number of anilines is 2. The fourth-order valence-electron chi connectivity index (χ4n) is 1.56. The maximum atomic E-state index is 12.1. The van der Waals surface area contributed by atoms with Crippen molar-refractivity contribution in [2.45, 2.75) is 6.92 Å². The molecule has 102 valence electrons. The molecular formula is C14H12BrN3O2. The molecule has 0 aliphatic rings. The number of hydrogen-bond acceptors (Lipinski definition) is 3. The van der Waals surface area contributed by atoms with E-state index in [0.29, 0.717) is 17.1 Å². The summed E-state index contributed by atoms with van der Waals surface area (Å²) < 4.78 is 0.937. The first-order valence-electron chi connectivity index (χ1n) is 5.85. The van der Waals surface area contributed by atoms with Gasteiger partial charge in [0.1, 0.15) is 5.82 Å². The van der Waals surface area contributed by atoms with Gasteiger partial charge in [0.2, 0.25) is 5.91 Å². The van der Waals surface area contributed by atoms with Crippen LogP contribution in [0.2, 0.25) is 0 Å². The maximum Gasteiger partial charge on any atom is 0.255 e. The Morgan fingerprint density at radius 1 is 1.10 bits per heavy atom. The maximum absolute atomic E-state index is 12.1. The molecule has 0 aliphatic heterocycles. The molecule has 0 aliphatic carbocycles. The highest BCUT2D eigenvalue weighted by atomic mass is 79.9. The van der Waals surface area contributed by atoms with Gasteiger partial charge in [-0.05, 0) is 36.4 Å². The van der Waals surface area contributed by atoms with Crippen molar-refractivity contribution in [1.29, 1.82) is 0 Å². The Morgan fingerprint density at radius 2 is 1.80 bits per heavy atom. The van der Waals surface area contributed by atoms with Crippen molar-refractivity contribution >= 4 is 39.2 Å². The van der Waals surface area contributed by atoms with E-state index in [9.17, 15) is 9.59 Å². The molecule has 0 fully saturated rings. The van der Waals surface area contributed by atoms with Crippen molar-refractivity contribution in [3.8, 4) is 0 Å². The first-order valence-corrected chi connectivity index (χ1v) is 6.64. The van der Waals surface area contributed by atoms with Gasteiger partial charge in [0, 0.05) is 28.8 Å². The Hall–Kier alpha value is -2.21. The molecule has 0 saturated heterocycles. The molecule has 1 heterocycles. The number of amides is 2. The SMILES string of the molecule is CC(=O)Nc1cc(C(=O)Nc2ccc(Br)cc2)ccn1. The molecule has 0 atom stereocenters. The minimum absolute atomic E-state index is 0.233. The van der Waals surface area contributed by atoms with Gasteiger partial charge in [-0.2, -0.15) is 0 Å². The number of carbonyl (C=O) groups is 2. The summed E-state index contributed by atoms with van der Waals surface area (Å²) in [6.07, 6.45) is 1.47. The van der Waals surface area contributed by atoms with Crippen molar-refractivity contribution in [2.75, 3.05) is 10.6 Å². The highest BCUT2D eigenvalue weighted by Gasteiger charge is 2.08. The first kappa shape index (κ1) is 14.2. The van der Waals surface area contributed by atoms with E-state index < -0.39 is 0 Å². The standard InChI is InChI=1S/C14H12BrN3O2/c1-9(19)17-13-8-10(6-7-16-13)14(20)18-12-4-2-11(15)3-5-12/h2-8H,1H3,(H,18,20)(H,16,17,19). The lowest BCUT2D eigenvalue weighted by atomic mass is 10.2. The van der Waals surface area contributed by atoms with E-state index in [0.717, 1.165) is 4.47 Å². The lowest BCUT2D eigenvalue weighted by Crippen LogP contribution is -2.13. The molecule has 2 aromatic rings. The van der Waals surface area contributed by atoms with Crippen LogP contribution in [0.3, 0.4) is 0 Å². The molecule has 0 radical (unpaired) electrons. The fraction of sp³-hybridized carbons (Fsp3) is 0.0714. The van der Waals surface area contributed by atoms with Crippen LogP contribution >= 0.6 is 15.9 Å². The van der Waals surface area contributed by atoms with Crippen LogP contribution in [0.25, 0.3) is 0 Å². The second kappa shape index (κ2) is 6.29. The topological polar surface area (TPSA) is 71.1 Å². The molecule has 0 spiro atoms. The van der Waals surface area contributed by atoms with E-state index in [2.05, 4.69) is 31.5 Å². The molecule has 1 aromatic carbocycles. The number of halogens is 1. The van der Waals surface area contributed by atoms with E-state index in [4.69, 9.17) is 0 Å². The predicted molar refractivity (Wildman–Crippen MR) is 80.6 cm³/mol. The van der Waals surface area contributed by atoms with Crippen LogP contribution in [0.4, 0.5) is 11.5 Å². The summed E-state index contributed by atoms with van der Waals surface area (Å²) in [4.78, 5) is 27.0. The number of rotatable bonds is 3. The molecule has 0 saturated carbocycles. The Bertz CT molecular complexity index is 641. The molecule has 20 heavy (non-hydrogen) atoms. The summed E-state index contributed by atoms with van der Waals surface area (Å²) in [6.45, 7) is 1.39. The number of hydrogen-bond donors (Lipinski definition) is 2. The summed E-state index contributed by atoms with van der Waals surface area (Å²) in [5, 5.41) is 5.30. The molecule has 0 unspecified atom stereocenters. The third-order valence-corrected chi connectivity index (χ3v) is 2.96. The number of nitrogens with zero attached hydrogens (tertiary/aromatic N) is 1. The molecule has 2 N–H and O–H groups in total. The number of pyridine rings is 1. The average Bonchev–Trinajstić information content (AvgIpc) is 2.41. The Morgan fingerprint density at radius 3 is 2.45 bits per heavy atom. The largest absolute Gasteiger partial charge is 0.322 e. The van der Waals surface area contributed by atoms with Gasteiger partial charge in [-0.15, -0.1) is 0 Å². The van der Waals surface area contributed by atoms with Gasteiger partial charge in [-0.3, -0.25) is 9.59 Å². The summed E-state index contributed by atoms with van der Waals surface area (Å²) in [5.74, 6) is -0.148. The normalized spacial score (nSPS) is 9.90. The molecule has 5 nitrogen and oxygen atoms in total. The van der Waals surface area contributed by atoms with E-state index in [1.54, 1.807) is 18.2 Å². The Kier molecular flexibility index (Phi) is 4.47. The first-order chi connectivity index (χ1) is 9.54. The van der Waals surface area contributed by atoms with E-state index in [1.807, 2.05) is 12.1 Å². The highest BCUT2D eigenvalue weighted by molar-refractivity contribution is 9.10. The fourth-order valence-corrected chi connectivity index (χ4v) is 1.82. The zero-order valence-corrected chi connectivity index (χ0v) is 12.3. The molecule has 1 aromatic heterocycles. The predicted octanol–water partition coefficient (Wildman–Crippen LogP) is 3.05. The number of carbonyl (C=O) groups excluding carboxylic acids is 2. The van der Waals surface area contributed by atoms with Gasteiger partial charge < -0.3 is 10.6 Å². The van der Waals surface area contributed by atoms with Gasteiger partial charge in [0.15, 0.2) is 0 Å². The third-order valence-electron chi connectivity index (χ3n) is 2.43. The quantitative estimate of drug-likeness (QED) is 0.906. The van der Waals surface area contributed by atoms with Gasteiger partial charge in [-0.1, -0.05) is 15.9 Å². The molecule has 2 rings (SSSR count). The van der Waals surface area contributed by atoms with E-state index >= 15 is 0 Å². The molecule has 0 bridgehead atoms. The van der Waals surface area contributed by atoms with Crippen LogP contribution in [0, 0.1) is 0 Å². The summed E-state index contributed by atoms with van der Waals surface area (Å²) in [7, 11) is 0. The van der Waals surface area contributed by atoms with E-state index in [-0.39, 0.29) is 11.8 Å². The van der Waals surface area contributed by atoms with Crippen molar-refractivity contribution in [1.82, 2.24) is 4.98 Å². The Labute approximate surface area is 124 Å². The van der Waals surface area contributed by atoms with Crippen molar-refractivity contribution in [3.63, 3.8) is 0 Å². The van der Waals surface area contributed by atoms with Crippen LogP contribution < -0.4 is 10.6 Å². The highest BCUT2D eigenvalue weighted by Crippen LogP contribution is 2.15. The van der Waals surface area contributed by atoms with Crippen LogP contribution in [0.5, 0.6) is 0 Å². The van der Waals surface area contributed by atoms with Crippen LogP contribution in [0.15, 0.2) is 47.1 Å². The lowest BCUT2D eigenvalue weighted by Gasteiger charge is -2.07. The van der Waals surface area contributed by atoms with Crippen LogP contribution in [0.1, 0.15) is 17.3 Å². The van der Waals surface area contributed by atoms with E-state index in [1.165, 1.54) is 19.2 Å². The minimum Gasteiger partial charge on any atom is -0.322 e. The van der Waals surface area contributed by atoms with Gasteiger partial charge in [-0.25, -0.2) is 4.98 Å². The molecule has 2 amide bonds. The summed E-state index contributed by atoms with van der Waals surface area (Å²) in [5.41, 5.74) is 1.11. The molecule has 6 heteroatoms. The zero-order valence-electron chi connectivity index (χ0n) is 10.7. The Balaban J connectivity index is 2.12. The third kappa shape index (κ3) is 3.89. The minimum atomic E-state index is -0.263. The lowest BCUT2D eigenvalue weighted by molar-refractivity contribution is -0.114. The number of benzene rings is 1. The second-order valence-corrected chi connectivity index (χ2v) is 4.99. The van der Waals surface area contributed by atoms with Gasteiger partial charge in [0.25, 0.3) is 5.91 Å². The van der Waals surface area contributed by atoms with Crippen molar-refractivity contribution in [2.24, 2.45) is 0 Å². The van der Waals surface area contributed by atoms with Crippen molar-refractivity contribution < 1.29 is 9.59 Å². The second-order valence-electron chi connectivity index (χ2n) is 4.07. The molecular weight excluding hydrogens is 322 g/mol. The van der Waals surface area contributed by atoms with Crippen LogP contribution in [-0.2, 0) is 4.79 Å². The monoisotopic (exact) mass is 333 g/mol. The summed E-state index contributed by atoms with van der Waals surface area (Å²) in [6, 6.07) is 10.4. The smallest absolute Gasteiger partial charge is 0.255 e. The van der Waals surface area contributed by atoms with Gasteiger partial charge in [0.05, 0.1) is 0 Å². The number of nitrogens with one attached hydrogen (secondary N) is 2. The number of aromatic nitrogens is 1. The summed E-state index contributed by atoms with van der Waals surface area (Å²) >= 11 is 3.33.